The highest BCUT2D eigenvalue weighted by Crippen LogP contribution is 2.43. The number of unbranched alkanes of at least 4 members (excludes halogenated alkanes) is 21. The maximum absolute atomic E-state index is 12.5. The van der Waals surface area contributed by atoms with Crippen molar-refractivity contribution in [1.82, 2.24) is 0 Å². The Kier molecular flexibility index (Phi) is 33.0. The molecule has 0 aromatic carbocycles. The molecule has 0 bridgehead atoms. The summed E-state index contributed by atoms with van der Waals surface area (Å²) in [6, 6.07) is 0. The van der Waals surface area contributed by atoms with E-state index in [1.807, 2.05) is 0 Å². The molecule has 0 spiro atoms. The maximum Gasteiger partial charge on any atom is 0.472 e. The number of hydrogen-bond donors (Lipinski definition) is 1. The van der Waals surface area contributed by atoms with Gasteiger partial charge in [-0.1, -0.05) is 148 Å². The van der Waals surface area contributed by atoms with E-state index in [9.17, 15) is 23.8 Å². The van der Waals surface area contributed by atoms with Gasteiger partial charge in [-0.05, 0) is 19.3 Å². The molecule has 0 saturated heterocycles. The number of hydrogen-bond acceptors (Lipinski definition) is 9. The molecule has 0 radical (unpaired) electrons. The zero-order valence-corrected chi connectivity index (χ0v) is 31.6. The summed E-state index contributed by atoms with van der Waals surface area (Å²) in [5, 5.41) is 0. The number of phosphoric ester groups is 1. The van der Waals surface area contributed by atoms with Gasteiger partial charge in [0.25, 0.3) is 0 Å². The lowest BCUT2D eigenvalue weighted by atomic mass is 10.0. The first-order valence-electron chi connectivity index (χ1n) is 19.1. The summed E-state index contributed by atoms with van der Waals surface area (Å²) >= 11 is 0. The second-order valence-electron chi connectivity index (χ2n) is 12.8. The third-order valence-corrected chi connectivity index (χ3v) is 9.13. The van der Waals surface area contributed by atoms with Crippen LogP contribution in [0.25, 0.3) is 0 Å². The van der Waals surface area contributed by atoms with Crippen LogP contribution in [0.4, 0.5) is 0 Å². The minimum atomic E-state index is -4.38. The molecular weight excluding hydrogens is 647 g/mol. The standard InChI is InChI=1S/C38H69O10P/c1-4-7-8-9-10-11-12-13-14-17-20-23-26-29-37(40)45-33-35(34-47-49(42,43)46-31-5-2)48-38(41)30-27-24-21-18-15-16-19-22-25-28-32-44-36(39)6-3/h5-6,35H,2-4,7-34H2,1H3,(H,42,43). The van der Waals surface area contributed by atoms with Crippen LogP contribution in [0.2, 0.25) is 0 Å². The van der Waals surface area contributed by atoms with Crippen LogP contribution in [0.5, 0.6) is 0 Å². The number of carbonyl (C=O) groups is 3. The summed E-state index contributed by atoms with van der Waals surface area (Å²) in [5.74, 6) is -1.24. The smallest absolute Gasteiger partial charge is 0.463 e. The number of esters is 3. The second-order valence-corrected chi connectivity index (χ2v) is 14.2. The van der Waals surface area contributed by atoms with Gasteiger partial charge in [0.05, 0.1) is 19.8 Å². The Labute approximate surface area is 297 Å². The summed E-state index contributed by atoms with van der Waals surface area (Å²) in [6.07, 6.45) is 27.9. The Bertz CT molecular complexity index is 894. The molecule has 0 aliphatic rings. The molecule has 286 valence electrons. The van der Waals surface area contributed by atoms with Crippen molar-refractivity contribution in [2.45, 2.75) is 174 Å². The van der Waals surface area contributed by atoms with E-state index in [1.54, 1.807) is 0 Å². The van der Waals surface area contributed by atoms with Gasteiger partial charge in [-0.3, -0.25) is 18.6 Å². The van der Waals surface area contributed by atoms with Crippen LogP contribution < -0.4 is 0 Å². The first-order valence-corrected chi connectivity index (χ1v) is 20.6. The summed E-state index contributed by atoms with van der Waals surface area (Å²) < 4.78 is 37.6. The topological polar surface area (TPSA) is 135 Å². The molecule has 0 fully saturated rings. The molecule has 2 atom stereocenters. The van der Waals surface area contributed by atoms with Crippen molar-refractivity contribution in [2.24, 2.45) is 0 Å². The van der Waals surface area contributed by atoms with E-state index >= 15 is 0 Å². The van der Waals surface area contributed by atoms with Gasteiger partial charge in [0, 0.05) is 18.9 Å². The minimum absolute atomic E-state index is 0.179. The van der Waals surface area contributed by atoms with Crippen molar-refractivity contribution in [2.75, 3.05) is 26.4 Å². The van der Waals surface area contributed by atoms with Crippen LogP contribution in [0.15, 0.2) is 25.3 Å². The maximum atomic E-state index is 12.5. The third-order valence-electron chi connectivity index (χ3n) is 8.18. The minimum Gasteiger partial charge on any atom is -0.463 e. The molecule has 0 saturated carbocycles. The zero-order chi connectivity index (χ0) is 36.3. The molecular formula is C38H69O10P. The van der Waals surface area contributed by atoms with E-state index in [1.165, 1.54) is 76.4 Å². The van der Waals surface area contributed by atoms with Crippen molar-refractivity contribution in [3.05, 3.63) is 25.3 Å². The molecule has 1 N–H and O–H groups in total. The van der Waals surface area contributed by atoms with Gasteiger partial charge in [0.1, 0.15) is 6.61 Å². The average Bonchev–Trinajstić information content (AvgIpc) is 3.09. The second kappa shape index (κ2) is 34.4. The van der Waals surface area contributed by atoms with Crippen molar-refractivity contribution < 1.29 is 47.1 Å². The molecule has 0 heterocycles. The first-order chi connectivity index (χ1) is 23.7. The molecule has 2 unspecified atom stereocenters. The summed E-state index contributed by atoms with van der Waals surface area (Å²) in [6.45, 7) is 8.62. The Morgan fingerprint density at radius 3 is 1.53 bits per heavy atom. The van der Waals surface area contributed by atoms with E-state index in [-0.39, 0.29) is 32.0 Å². The van der Waals surface area contributed by atoms with Crippen LogP contribution in [0, 0.1) is 0 Å². The SMILES string of the molecule is C=CCOP(=O)(O)OCC(COC(=O)CCCCCCCCCCCCCCC)OC(=O)CCCCCCCCCCCCOC(=O)C=C. The van der Waals surface area contributed by atoms with Crippen molar-refractivity contribution >= 4 is 25.7 Å². The van der Waals surface area contributed by atoms with Gasteiger partial charge < -0.3 is 19.1 Å². The van der Waals surface area contributed by atoms with E-state index in [2.05, 4.69) is 20.1 Å². The van der Waals surface area contributed by atoms with Gasteiger partial charge in [-0.15, -0.1) is 6.58 Å². The lowest BCUT2D eigenvalue weighted by Gasteiger charge is -2.19. The zero-order valence-electron chi connectivity index (χ0n) is 30.7. The van der Waals surface area contributed by atoms with Crippen LogP contribution in [0.3, 0.4) is 0 Å². The molecule has 11 heteroatoms. The number of carbonyl (C=O) groups excluding carboxylic acids is 3. The highest BCUT2D eigenvalue weighted by molar-refractivity contribution is 7.47. The Hall–Kier alpha value is -2.00. The molecule has 49 heavy (non-hydrogen) atoms. The van der Waals surface area contributed by atoms with E-state index in [0.717, 1.165) is 77.0 Å². The van der Waals surface area contributed by atoms with Crippen molar-refractivity contribution in [3.8, 4) is 0 Å². The van der Waals surface area contributed by atoms with Gasteiger partial charge in [-0.2, -0.15) is 0 Å². The lowest BCUT2D eigenvalue weighted by Crippen LogP contribution is -2.29. The summed E-state index contributed by atoms with van der Waals surface area (Å²) in [5.41, 5.74) is 0. The van der Waals surface area contributed by atoms with Crippen LogP contribution in [-0.2, 0) is 42.2 Å². The Balaban J connectivity index is 4.18. The summed E-state index contributed by atoms with van der Waals surface area (Å²) in [7, 11) is -4.38. The monoisotopic (exact) mass is 716 g/mol. The molecule has 10 nitrogen and oxygen atoms in total. The molecule has 0 aromatic rings. The molecule has 0 aromatic heterocycles. The van der Waals surface area contributed by atoms with Gasteiger partial charge >= 0.3 is 25.7 Å². The molecule has 0 aliphatic carbocycles. The molecule has 0 rings (SSSR count). The largest absolute Gasteiger partial charge is 0.472 e. The Morgan fingerprint density at radius 2 is 1.06 bits per heavy atom. The van der Waals surface area contributed by atoms with Gasteiger partial charge in [-0.25, -0.2) is 9.36 Å². The average molecular weight is 717 g/mol. The van der Waals surface area contributed by atoms with Crippen LogP contribution >= 0.6 is 7.82 Å². The molecule has 0 aliphatic heterocycles. The molecule has 0 amide bonds. The van der Waals surface area contributed by atoms with Gasteiger partial charge in [0.15, 0.2) is 6.10 Å². The number of rotatable bonds is 37. The van der Waals surface area contributed by atoms with Crippen LogP contribution in [-0.4, -0.2) is 55.3 Å². The van der Waals surface area contributed by atoms with Crippen molar-refractivity contribution in [1.29, 1.82) is 0 Å². The fraction of sp³-hybridized carbons (Fsp3) is 0.816. The third kappa shape index (κ3) is 34.2. The number of ether oxygens (including phenoxy) is 3. The van der Waals surface area contributed by atoms with Gasteiger partial charge in [0.2, 0.25) is 0 Å². The highest BCUT2D eigenvalue weighted by Gasteiger charge is 2.25. The predicted octanol–water partition coefficient (Wildman–Crippen LogP) is 10.3. The fourth-order valence-electron chi connectivity index (χ4n) is 5.28. The normalized spacial score (nSPS) is 12.9. The first kappa shape index (κ1) is 47.0. The fourth-order valence-corrected chi connectivity index (χ4v) is 6.01. The predicted molar refractivity (Wildman–Crippen MR) is 195 cm³/mol. The van der Waals surface area contributed by atoms with Crippen LogP contribution in [0.1, 0.15) is 167 Å². The van der Waals surface area contributed by atoms with E-state index in [0.29, 0.717) is 13.0 Å². The quantitative estimate of drug-likeness (QED) is 0.0165. The Morgan fingerprint density at radius 1 is 0.612 bits per heavy atom. The van der Waals surface area contributed by atoms with E-state index in [4.69, 9.17) is 23.3 Å². The highest BCUT2D eigenvalue weighted by atomic mass is 31.2. The lowest BCUT2D eigenvalue weighted by molar-refractivity contribution is -0.161. The number of phosphoric acid groups is 1. The van der Waals surface area contributed by atoms with Crippen molar-refractivity contribution in [3.63, 3.8) is 0 Å². The summed E-state index contributed by atoms with van der Waals surface area (Å²) in [4.78, 5) is 45.7. The van der Waals surface area contributed by atoms with E-state index < -0.39 is 32.5 Å².